The van der Waals surface area contributed by atoms with Gasteiger partial charge in [0.2, 0.25) is 0 Å². The molecule has 0 radical (unpaired) electrons. The number of pyridine rings is 1. The molecule has 0 aliphatic heterocycles. The minimum Gasteiger partial charge on any atom is -0.545 e. The van der Waals surface area contributed by atoms with Gasteiger partial charge in [0, 0.05) is 5.56 Å². The van der Waals surface area contributed by atoms with E-state index in [1.54, 1.807) is 6.07 Å². The number of phenolic OH excluding ortho intramolecular Hbond substituents is 1. The summed E-state index contributed by atoms with van der Waals surface area (Å²) in [4.78, 5) is 26.3. The van der Waals surface area contributed by atoms with Crippen molar-refractivity contribution in [2.24, 2.45) is 9.98 Å². The molecule has 5 rings (SSSR count). The van der Waals surface area contributed by atoms with E-state index in [1.165, 1.54) is 34.7 Å². The normalized spacial score (nSPS) is 14.0. The monoisotopic (exact) mass is 775 g/mol. The Morgan fingerprint density at radius 1 is 0.648 bits per heavy atom. The molecule has 4 aromatic rings. The topological polar surface area (TPSA) is 118 Å². The summed E-state index contributed by atoms with van der Waals surface area (Å²) >= 11 is 0. The van der Waals surface area contributed by atoms with Gasteiger partial charge in [-0.05, 0) is 102 Å². The van der Waals surface area contributed by atoms with E-state index in [-0.39, 0.29) is 28.3 Å². The quantitative estimate of drug-likeness (QED) is 0.123. The summed E-state index contributed by atoms with van der Waals surface area (Å²) in [5.41, 5.74) is 11.2. The second-order valence-electron chi connectivity index (χ2n) is 15.5. The van der Waals surface area contributed by atoms with Crippen LogP contribution >= 0.6 is 0 Å². The van der Waals surface area contributed by atoms with Crippen LogP contribution in [0.4, 0.5) is 11.4 Å². The predicted molar refractivity (Wildman–Crippen MR) is 217 cm³/mol. The Balaban J connectivity index is 0.000000364. The first kappa shape index (κ1) is 44.1. The Hall–Kier alpha value is -4.27. The fourth-order valence-corrected chi connectivity index (χ4v) is 7.13. The van der Waals surface area contributed by atoms with Crippen LogP contribution in [-0.2, 0) is 16.8 Å². The molecule has 1 saturated carbocycles. The van der Waals surface area contributed by atoms with Crippen molar-refractivity contribution in [3.05, 3.63) is 111 Å². The number of carboxylic acids is 1. The van der Waals surface area contributed by atoms with Crippen LogP contribution in [0.3, 0.4) is 0 Å². The maximum Gasteiger partial charge on any atom is 1.00 e. The van der Waals surface area contributed by atoms with Gasteiger partial charge < -0.3 is 20.1 Å². The fraction of sp³-hybridized carbons (Fsp3) is 0.435. The van der Waals surface area contributed by atoms with Gasteiger partial charge >= 0.3 is 16.8 Å². The molecule has 1 heterocycles. The largest absolute Gasteiger partial charge is 1.00 e. The number of benzene rings is 3. The van der Waals surface area contributed by atoms with Crippen molar-refractivity contribution in [3.63, 3.8) is 0 Å². The number of hydrogen-bond donors (Lipinski definition) is 2. The smallest absolute Gasteiger partial charge is 0.545 e. The number of carbonyl (C=O) groups is 1. The molecule has 1 aliphatic carbocycles. The number of aliphatic imine (C=N–C) groups is 2. The molecule has 54 heavy (non-hydrogen) atoms. The van der Waals surface area contributed by atoms with Crippen LogP contribution in [0.25, 0.3) is 0 Å². The third-order valence-electron chi connectivity index (χ3n) is 10.2. The molecule has 0 spiro atoms. The Kier molecular flexibility index (Phi) is 16.2. The van der Waals surface area contributed by atoms with Crippen LogP contribution in [0.2, 0.25) is 0 Å². The number of aromatic carboxylic acids is 1. The maximum atomic E-state index is 11.1. The van der Waals surface area contributed by atoms with Crippen molar-refractivity contribution in [1.82, 2.24) is 4.98 Å². The van der Waals surface area contributed by atoms with Crippen molar-refractivity contribution < 1.29 is 36.9 Å². The number of aromatic hydroxyl groups is 2. The molecular formula is C46H58CoN3O4. The first-order valence-electron chi connectivity index (χ1n) is 19.2. The van der Waals surface area contributed by atoms with E-state index in [2.05, 4.69) is 112 Å². The fourth-order valence-electron chi connectivity index (χ4n) is 7.13. The molecule has 0 atom stereocenters. The molecule has 0 saturated heterocycles. The molecule has 0 unspecified atom stereocenters. The average Bonchev–Trinajstić information content (AvgIpc) is 3.12. The molecule has 2 N–H and O–H groups in total. The number of aromatic nitrogens is 1. The van der Waals surface area contributed by atoms with E-state index in [0.29, 0.717) is 29.2 Å². The van der Waals surface area contributed by atoms with Crippen LogP contribution in [0.1, 0.15) is 180 Å². The van der Waals surface area contributed by atoms with Crippen molar-refractivity contribution in [2.75, 3.05) is 0 Å². The Morgan fingerprint density at radius 2 is 1.04 bits per heavy atom. The van der Waals surface area contributed by atoms with Crippen molar-refractivity contribution >= 4 is 28.8 Å². The van der Waals surface area contributed by atoms with Gasteiger partial charge in [0.25, 0.3) is 0 Å². The van der Waals surface area contributed by atoms with Crippen molar-refractivity contribution in [1.29, 1.82) is 0 Å². The van der Waals surface area contributed by atoms with Gasteiger partial charge in [-0.3, -0.25) is 9.98 Å². The van der Waals surface area contributed by atoms with Gasteiger partial charge in [-0.1, -0.05) is 123 Å². The molecule has 1 aliphatic rings. The summed E-state index contributed by atoms with van der Waals surface area (Å²) < 4.78 is 0. The van der Waals surface area contributed by atoms with Gasteiger partial charge in [0.1, 0.15) is 0 Å². The summed E-state index contributed by atoms with van der Waals surface area (Å²) in [5, 5.41) is 30.0. The molecule has 7 nitrogen and oxygen atoms in total. The van der Waals surface area contributed by atoms with Crippen LogP contribution in [0.5, 0.6) is 11.5 Å². The summed E-state index contributed by atoms with van der Waals surface area (Å²) in [6.45, 7) is 22.0. The maximum absolute atomic E-state index is 11.1. The number of carboxylic acid groups (broad SMARTS) is 1. The van der Waals surface area contributed by atoms with E-state index in [1.807, 2.05) is 12.1 Å². The van der Waals surface area contributed by atoms with Gasteiger partial charge in [-0.2, -0.15) is 0 Å². The molecule has 8 heteroatoms. The molecular weight excluding hydrogens is 717 g/mol. The van der Waals surface area contributed by atoms with Crippen LogP contribution in [0.15, 0.2) is 76.7 Å². The van der Waals surface area contributed by atoms with Crippen LogP contribution < -0.4 is 5.11 Å². The first-order valence-corrected chi connectivity index (χ1v) is 19.2. The average molecular weight is 776 g/mol. The zero-order chi connectivity index (χ0) is 39.0. The van der Waals surface area contributed by atoms with Gasteiger partial charge in [0.05, 0.1) is 40.2 Å². The second kappa shape index (κ2) is 19.9. The third kappa shape index (κ3) is 10.7. The summed E-state index contributed by atoms with van der Waals surface area (Å²) in [5.74, 6) is -0.667. The number of para-hydroxylation sites is 2. The molecule has 3 aromatic carbocycles. The van der Waals surface area contributed by atoms with E-state index >= 15 is 0 Å². The van der Waals surface area contributed by atoms with E-state index < -0.39 is 17.5 Å². The summed E-state index contributed by atoms with van der Waals surface area (Å²) in [6.07, 6.45) is 5.15. The van der Waals surface area contributed by atoms with Crippen molar-refractivity contribution in [3.8, 4) is 11.5 Å². The van der Waals surface area contributed by atoms with Crippen LogP contribution in [0, 0.1) is 0 Å². The Morgan fingerprint density at radius 3 is 1.41 bits per heavy atom. The van der Waals surface area contributed by atoms with Crippen LogP contribution in [-0.4, -0.2) is 32.6 Å². The number of nitrogens with zero attached hydrogens (tertiary/aromatic N) is 3. The molecule has 0 bridgehead atoms. The summed E-state index contributed by atoms with van der Waals surface area (Å²) in [7, 11) is 0. The van der Waals surface area contributed by atoms with Gasteiger partial charge in [-0.15, -0.1) is 0 Å². The van der Waals surface area contributed by atoms with Gasteiger partial charge in [-0.25, -0.2) is 4.98 Å². The minimum atomic E-state index is -1.43. The number of rotatable bonds is 10. The van der Waals surface area contributed by atoms with E-state index in [9.17, 15) is 20.1 Å². The first-order chi connectivity index (χ1) is 25.1. The molecule has 290 valence electrons. The number of phenols is 2. The second-order valence-corrected chi connectivity index (χ2v) is 15.5. The standard InChI is InChI=1S/C33H43N3.C13H16O4.Co/c1-20(2)26-14-11-15-27(21(3)4)32(26)34-24(9)30-18-13-19-31(36-30)25(10)35-33-28(22(5)6)16-12-17-29(33)23(7)8;14-10-7-6-9(8-4-2-1-3-5-8)11(12(10)15)13(16)17;/h11-23H,1-10H3;6-8,14-15H,1-5H2,(H,16,17);/q;;+1/p-1. The minimum absolute atomic E-state index is 0. The number of carbonyl (C=O) groups excluding carboxylic acids is 1. The molecule has 1 aromatic heterocycles. The molecule has 0 amide bonds. The SMILES string of the molecule is CC(=Nc1c(C(C)C)cccc1C(C)C)c1cccc(C(C)=Nc2c(C(C)C)cccc2C(C)C)n1.O=C([O-])c1c(C2CCCCC2)ccc(O)c1O.[Co+]. The predicted octanol–water partition coefficient (Wildman–Crippen LogP) is 11.4. The zero-order valence-corrected chi connectivity index (χ0v) is 34.7. The third-order valence-corrected chi connectivity index (χ3v) is 10.2. The summed E-state index contributed by atoms with van der Waals surface area (Å²) in [6, 6.07) is 22.2. The Labute approximate surface area is 333 Å². The zero-order valence-electron chi connectivity index (χ0n) is 33.7. The van der Waals surface area contributed by atoms with E-state index in [0.717, 1.165) is 59.9 Å². The molecule has 1 fully saturated rings. The van der Waals surface area contributed by atoms with E-state index in [4.69, 9.17) is 15.0 Å². The Bertz CT molecular complexity index is 1810. The van der Waals surface area contributed by atoms with Crippen molar-refractivity contribution in [2.45, 2.75) is 131 Å². The number of hydrogen-bond acceptors (Lipinski definition) is 7. The van der Waals surface area contributed by atoms with Gasteiger partial charge in [0.15, 0.2) is 11.5 Å².